The fourth-order valence-corrected chi connectivity index (χ4v) is 6.31. The maximum Gasteiger partial charge on any atom is 0.315 e. The lowest BCUT2D eigenvalue weighted by Gasteiger charge is -2.37. The van der Waals surface area contributed by atoms with Crippen molar-refractivity contribution in [2.45, 2.75) is 84.0 Å². The average molecular weight is 519 g/mol. The van der Waals surface area contributed by atoms with Gasteiger partial charge in [-0.1, -0.05) is 34.6 Å². The second kappa shape index (κ2) is 9.44. The van der Waals surface area contributed by atoms with E-state index >= 15 is 0 Å². The maximum absolute atomic E-state index is 13.8. The zero-order valence-electron chi connectivity index (χ0n) is 22.3. The predicted octanol–water partition coefficient (Wildman–Crippen LogP) is 1.22. The molecule has 0 aromatic carbocycles. The van der Waals surface area contributed by atoms with Gasteiger partial charge in [0, 0.05) is 24.5 Å². The predicted molar refractivity (Wildman–Crippen MR) is 132 cm³/mol. The molecule has 4 fully saturated rings. The monoisotopic (exact) mass is 518 g/mol. The van der Waals surface area contributed by atoms with Gasteiger partial charge in [-0.15, -0.1) is 0 Å². The van der Waals surface area contributed by atoms with Crippen molar-refractivity contribution in [2.75, 3.05) is 19.8 Å². The number of rotatable bonds is 8. The van der Waals surface area contributed by atoms with Crippen LogP contribution in [0.2, 0.25) is 0 Å². The van der Waals surface area contributed by atoms with Gasteiger partial charge in [-0.3, -0.25) is 14.4 Å². The first-order valence-corrected chi connectivity index (χ1v) is 13.2. The van der Waals surface area contributed by atoms with Crippen LogP contribution < -0.4 is 21.3 Å². The number of piperidine rings is 1. The van der Waals surface area contributed by atoms with Crippen molar-refractivity contribution in [3.05, 3.63) is 0 Å². The van der Waals surface area contributed by atoms with Gasteiger partial charge in [0.05, 0.1) is 6.07 Å². The molecule has 37 heavy (non-hydrogen) atoms. The Kier molecular flexibility index (Phi) is 6.93. The highest BCUT2D eigenvalue weighted by Crippen LogP contribution is 2.65. The van der Waals surface area contributed by atoms with Crippen molar-refractivity contribution in [1.29, 1.82) is 5.26 Å². The summed E-state index contributed by atoms with van der Waals surface area (Å²) in [5.74, 6) is -1.13. The van der Waals surface area contributed by atoms with E-state index in [1.54, 1.807) is 0 Å². The zero-order chi connectivity index (χ0) is 27.3. The summed E-state index contributed by atoms with van der Waals surface area (Å²) in [6, 6.07) is -1.09. The molecule has 0 bridgehead atoms. The van der Waals surface area contributed by atoms with E-state index in [1.165, 1.54) is 4.90 Å². The van der Waals surface area contributed by atoms with Gasteiger partial charge < -0.3 is 26.2 Å². The first-order valence-electron chi connectivity index (χ1n) is 13.2. The topological polar surface area (TPSA) is 143 Å². The van der Waals surface area contributed by atoms with E-state index in [4.69, 9.17) is 0 Å². The lowest BCUT2D eigenvalue weighted by molar-refractivity contribution is -0.143. The highest BCUT2D eigenvalue weighted by atomic mass is 19.1. The summed E-state index contributed by atoms with van der Waals surface area (Å²) >= 11 is 0. The molecule has 2 aliphatic heterocycles. The Hall–Kier alpha value is -2.90. The van der Waals surface area contributed by atoms with Gasteiger partial charge in [-0.25, -0.2) is 9.18 Å². The van der Waals surface area contributed by atoms with Crippen LogP contribution in [0.15, 0.2) is 0 Å². The SMILES string of the molecule is CC(C)(C)C(NC(=O)NCCF)C(=O)N1CC2C(C1C(=O)NC(C#N)CC1CC3(CC3)NC1=O)C2(C)C. The van der Waals surface area contributed by atoms with Crippen LogP contribution in [0.25, 0.3) is 0 Å². The lowest BCUT2D eigenvalue weighted by Crippen LogP contribution is -2.60. The highest BCUT2D eigenvalue weighted by molar-refractivity contribution is 5.94. The number of alkyl halides is 1. The van der Waals surface area contributed by atoms with E-state index < -0.39 is 42.2 Å². The summed E-state index contributed by atoms with van der Waals surface area (Å²) in [4.78, 5) is 53.5. The number of hydrogen-bond donors (Lipinski definition) is 4. The summed E-state index contributed by atoms with van der Waals surface area (Å²) in [5, 5.41) is 20.6. The molecule has 2 aliphatic carbocycles. The molecule has 0 aromatic heterocycles. The molecule has 1 spiro atoms. The Bertz CT molecular complexity index is 1010. The average Bonchev–Trinajstić information content (AvgIpc) is 3.53. The molecular weight excluding hydrogens is 479 g/mol. The number of fused-ring (bicyclic) bond motifs is 1. The summed E-state index contributed by atoms with van der Waals surface area (Å²) < 4.78 is 12.5. The van der Waals surface area contributed by atoms with E-state index in [-0.39, 0.29) is 53.5 Å². The van der Waals surface area contributed by atoms with Crippen LogP contribution in [0.3, 0.4) is 0 Å². The smallest absolute Gasteiger partial charge is 0.315 e. The Morgan fingerprint density at radius 1 is 1.24 bits per heavy atom. The van der Waals surface area contributed by atoms with Crippen molar-refractivity contribution in [3.8, 4) is 6.07 Å². The van der Waals surface area contributed by atoms with Crippen LogP contribution in [0.5, 0.6) is 0 Å². The number of carbonyl (C=O) groups is 4. The second-order valence-corrected chi connectivity index (χ2v) is 12.9. The van der Waals surface area contributed by atoms with E-state index in [0.717, 1.165) is 12.8 Å². The molecule has 10 nitrogen and oxygen atoms in total. The number of halogens is 1. The standard InChI is InChI=1S/C26H39FN6O4/c1-24(2,3)19(31-23(37)29-9-8-27)22(36)33-13-16-17(25(16,4)5)18(33)21(35)30-15(12-28)10-14-11-26(6-7-26)32-20(14)34/h14-19H,6-11,13H2,1-5H3,(H,30,35)(H,32,34)(H2,29,31,37). The molecule has 0 aromatic rings. The lowest BCUT2D eigenvalue weighted by atomic mass is 9.85. The molecule has 2 saturated heterocycles. The second-order valence-electron chi connectivity index (χ2n) is 12.9. The molecule has 5 amide bonds. The molecule has 6 unspecified atom stereocenters. The third kappa shape index (κ3) is 5.25. The minimum atomic E-state index is -0.938. The Balaban J connectivity index is 1.48. The van der Waals surface area contributed by atoms with Crippen LogP contribution in [-0.2, 0) is 14.4 Å². The minimum Gasteiger partial charge on any atom is -0.350 e. The van der Waals surface area contributed by atoms with Gasteiger partial charge in [0.1, 0.15) is 24.8 Å². The molecule has 4 rings (SSSR count). The number of urea groups is 1. The van der Waals surface area contributed by atoms with Gasteiger partial charge in [0.25, 0.3) is 0 Å². The number of carbonyl (C=O) groups excluding carboxylic acids is 4. The summed E-state index contributed by atoms with van der Waals surface area (Å²) in [6.45, 7) is 9.04. The maximum atomic E-state index is 13.8. The van der Waals surface area contributed by atoms with E-state index in [2.05, 4.69) is 41.2 Å². The molecule has 2 saturated carbocycles. The number of hydrogen-bond acceptors (Lipinski definition) is 5. The van der Waals surface area contributed by atoms with Gasteiger partial charge >= 0.3 is 6.03 Å². The molecule has 2 heterocycles. The molecule has 204 valence electrons. The number of likely N-dealkylation sites (tertiary alicyclic amines) is 1. The van der Waals surface area contributed by atoms with Crippen molar-refractivity contribution >= 4 is 23.8 Å². The molecule has 4 aliphatic rings. The quantitative estimate of drug-likeness (QED) is 0.382. The summed E-state index contributed by atoms with van der Waals surface area (Å²) in [6.07, 6.45) is 2.81. The molecule has 0 radical (unpaired) electrons. The van der Waals surface area contributed by atoms with Crippen LogP contribution in [0, 0.1) is 39.9 Å². The van der Waals surface area contributed by atoms with E-state index in [9.17, 15) is 28.8 Å². The zero-order valence-corrected chi connectivity index (χ0v) is 22.3. The van der Waals surface area contributed by atoms with Crippen molar-refractivity contribution < 1.29 is 23.6 Å². The molecule has 4 N–H and O–H groups in total. The third-order valence-electron chi connectivity index (χ3n) is 8.77. The van der Waals surface area contributed by atoms with Gasteiger partial charge in [-0.05, 0) is 48.3 Å². The minimum absolute atomic E-state index is 0.0683. The number of amides is 5. The van der Waals surface area contributed by atoms with Crippen molar-refractivity contribution in [1.82, 2.24) is 26.2 Å². The van der Waals surface area contributed by atoms with Crippen LogP contribution in [0.4, 0.5) is 9.18 Å². The first-order chi connectivity index (χ1) is 17.2. The third-order valence-corrected chi connectivity index (χ3v) is 8.77. The van der Waals surface area contributed by atoms with Gasteiger partial charge in [0.2, 0.25) is 17.7 Å². The Morgan fingerprint density at radius 3 is 2.46 bits per heavy atom. The number of nitrogens with one attached hydrogen (secondary N) is 4. The highest BCUT2D eigenvalue weighted by Gasteiger charge is 2.70. The molecule has 6 atom stereocenters. The fourth-order valence-electron chi connectivity index (χ4n) is 6.31. The number of nitriles is 1. The van der Waals surface area contributed by atoms with Crippen molar-refractivity contribution in [2.24, 2.45) is 28.6 Å². The summed E-state index contributed by atoms with van der Waals surface area (Å²) in [7, 11) is 0. The number of nitrogens with zero attached hydrogens (tertiary/aromatic N) is 2. The fraction of sp³-hybridized carbons (Fsp3) is 0.808. The Morgan fingerprint density at radius 2 is 1.92 bits per heavy atom. The molecule has 11 heteroatoms. The summed E-state index contributed by atoms with van der Waals surface area (Å²) in [5.41, 5.74) is -0.914. The largest absolute Gasteiger partial charge is 0.350 e. The van der Waals surface area contributed by atoms with Crippen LogP contribution in [-0.4, -0.2) is 72.1 Å². The Labute approximate surface area is 217 Å². The van der Waals surface area contributed by atoms with Crippen LogP contribution >= 0.6 is 0 Å². The van der Waals surface area contributed by atoms with E-state index in [1.807, 2.05) is 20.8 Å². The molecular formula is C26H39FN6O4. The van der Waals surface area contributed by atoms with Crippen LogP contribution in [0.1, 0.15) is 60.3 Å². The van der Waals surface area contributed by atoms with E-state index in [0.29, 0.717) is 13.0 Å². The first kappa shape index (κ1) is 27.1. The van der Waals surface area contributed by atoms with Crippen molar-refractivity contribution in [3.63, 3.8) is 0 Å². The van der Waals surface area contributed by atoms with Gasteiger partial charge in [-0.2, -0.15) is 5.26 Å². The normalized spacial score (nSPS) is 30.0. The van der Waals surface area contributed by atoms with Gasteiger partial charge in [0.15, 0.2) is 0 Å².